The van der Waals surface area contributed by atoms with E-state index in [4.69, 9.17) is 10.5 Å². The zero-order chi connectivity index (χ0) is 12.3. The molecule has 2 rings (SSSR count). The van der Waals surface area contributed by atoms with Crippen LogP contribution in [0.4, 0.5) is 0 Å². The van der Waals surface area contributed by atoms with Gasteiger partial charge in [-0.1, -0.05) is 31.2 Å². The van der Waals surface area contributed by atoms with Crippen molar-refractivity contribution in [3.05, 3.63) is 35.4 Å². The van der Waals surface area contributed by atoms with E-state index in [9.17, 15) is 4.79 Å². The van der Waals surface area contributed by atoms with Crippen molar-refractivity contribution in [1.82, 2.24) is 0 Å². The van der Waals surface area contributed by atoms with Gasteiger partial charge >= 0.3 is 0 Å². The first-order valence-corrected chi connectivity index (χ1v) is 6.12. The van der Waals surface area contributed by atoms with Crippen molar-refractivity contribution in [3.8, 4) is 0 Å². The third kappa shape index (κ3) is 2.73. The summed E-state index contributed by atoms with van der Waals surface area (Å²) < 4.78 is 5.21. The van der Waals surface area contributed by atoms with Crippen molar-refractivity contribution >= 4 is 5.78 Å². The summed E-state index contributed by atoms with van der Waals surface area (Å²) in [6, 6.07) is 8.15. The van der Waals surface area contributed by atoms with E-state index in [1.54, 1.807) is 0 Å². The monoisotopic (exact) mass is 233 g/mol. The highest BCUT2D eigenvalue weighted by molar-refractivity contribution is 5.90. The third-order valence-electron chi connectivity index (χ3n) is 3.40. The lowest BCUT2D eigenvalue weighted by molar-refractivity contribution is -0.123. The van der Waals surface area contributed by atoms with E-state index in [2.05, 4.69) is 19.1 Å². The molecule has 0 aliphatic carbocycles. The topological polar surface area (TPSA) is 52.3 Å². The number of benzene rings is 1. The van der Waals surface area contributed by atoms with Gasteiger partial charge in [0, 0.05) is 13.0 Å². The summed E-state index contributed by atoms with van der Waals surface area (Å²) in [7, 11) is 0. The van der Waals surface area contributed by atoms with Crippen molar-refractivity contribution in [2.24, 2.45) is 5.73 Å². The van der Waals surface area contributed by atoms with Gasteiger partial charge in [0.15, 0.2) is 5.78 Å². The molecule has 3 nitrogen and oxygen atoms in total. The molecule has 1 saturated heterocycles. The van der Waals surface area contributed by atoms with Crippen LogP contribution in [0.3, 0.4) is 0 Å². The zero-order valence-corrected chi connectivity index (χ0v) is 10.2. The Morgan fingerprint density at radius 3 is 2.53 bits per heavy atom. The summed E-state index contributed by atoms with van der Waals surface area (Å²) in [5, 5.41) is 0. The minimum atomic E-state index is -0.760. The second kappa shape index (κ2) is 4.98. The number of carbonyl (C=O) groups is 1. The van der Waals surface area contributed by atoms with Crippen LogP contribution < -0.4 is 5.73 Å². The maximum Gasteiger partial charge on any atom is 0.159 e. The van der Waals surface area contributed by atoms with Crippen molar-refractivity contribution < 1.29 is 9.53 Å². The Kier molecular flexibility index (Phi) is 3.60. The van der Waals surface area contributed by atoms with Crippen LogP contribution in [0.25, 0.3) is 0 Å². The molecule has 1 heterocycles. The molecule has 2 N–H and O–H groups in total. The zero-order valence-electron chi connectivity index (χ0n) is 10.2. The van der Waals surface area contributed by atoms with Crippen LogP contribution in [0.5, 0.6) is 0 Å². The van der Waals surface area contributed by atoms with Gasteiger partial charge < -0.3 is 10.5 Å². The average molecular weight is 233 g/mol. The molecule has 1 aliphatic heterocycles. The fraction of sp³-hybridized carbons (Fsp3) is 0.500. The molecule has 1 unspecified atom stereocenters. The number of hydrogen-bond acceptors (Lipinski definition) is 3. The molecule has 92 valence electrons. The van der Waals surface area contributed by atoms with Crippen LogP contribution in [0.2, 0.25) is 0 Å². The molecule has 0 amide bonds. The Morgan fingerprint density at radius 2 is 2.00 bits per heavy atom. The fourth-order valence-corrected chi connectivity index (χ4v) is 2.05. The highest BCUT2D eigenvalue weighted by Gasteiger charge is 2.37. The minimum Gasteiger partial charge on any atom is -0.379 e. The molecule has 0 aromatic heterocycles. The van der Waals surface area contributed by atoms with E-state index < -0.39 is 5.54 Å². The quantitative estimate of drug-likeness (QED) is 0.857. The molecule has 0 bridgehead atoms. The normalized spacial score (nSPS) is 23.9. The standard InChI is InChI=1S/C14H19NO2/c1-2-11-3-5-12(6-4-11)9-13(16)14(15)7-8-17-10-14/h3-6H,2,7-10,15H2,1H3. The maximum absolute atomic E-state index is 12.1. The number of hydrogen-bond donors (Lipinski definition) is 1. The molecule has 1 aromatic rings. The average Bonchev–Trinajstić information content (AvgIpc) is 2.78. The molecule has 1 atom stereocenters. The molecular weight excluding hydrogens is 214 g/mol. The van der Waals surface area contributed by atoms with Gasteiger partial charge in [-0.05, 0) is 24.0 Å². The second-order valence-corrected chi connectivity index (χ2v) is 4.73. The molecule has 1 aliphatic rings. The van der Waals surface area contributed by atoms with Gasteiger partial charge in [-0.15, -0.1) is 0 Å². The lowest BCUT2D eigenvalue weighted by atomic mass is 9.90. The smallest absolute Gasteiger partial charge is 0.159 e. The third-order valence-corrected chi connectivity index (χ3v) is 3.40. The van der Waals surface area contributed by atoms with Gasteiger partial charge in [0.25, 0.3) is 0 Å². The van der Waals surface area contributed by atoms with Crippen LogP contribution in [-0.4, -0.2) is 24.5 Å². The highest BCUT2D eigenvalue weighted by atomic mass is 16.5. The number of aryl methyl sites for hydroxylation is 1. The first-order valence-electron chi connectivity index (χ1n) is 6.12. The Hall–Kier alpha value is -1.19. The predicted octanol–water partition coefficient (Wildman–Crippen LogP) is 1.48. The molecule has 0 radical (unpaired) electrons. The van der Waals surface area contributed by atoms with E-state index in [-0.39, 0.29) is 5.78 Å². The van der Waals surface area contributed by atoms with Crippen LogP contribution >= 0.6 is 0 Å². The highest BCUT2D eigenvalue weighted by Crippen LogP contribution is 2.19. The summed E-state index contributed by atoms with van der Waals surface area (Å²) in [5.41, 5.74) is 7.59. The molecule has 1 fully saturated rings. The Morgan fingerprint density at radius 1 is 1.35 bits per heavy atom. The largest absolute Gasteiger partial charge is 0.379 e. The van der Waals surface area contributed by atoms with Crippen molar-refractivity contribution in [3.63, 3.8) is 0 Å². The number of rotatable bonds is 4. The van der Waals surface area contributed by atoms with E-state index in [1.807, 2.05) is 12.1 Å². The molecular formula is C14H19NO2. The van der Waals surface area contributed by atoms with Crippen molar-refractivity contribution in [2.45, 2.75) is 31.7 Å². The van der Waals surface area contributed by atoms with Crippen molar-refractivity contribution in [2.75, 3.05) is 13.2 Å². The van der Waals surface area contributed by atoms with Gasteiger partial charge in [0.2, 0.25) is 0 Å². The number of ketones is 1. The van der Waals surface area contributed by atoms with Gasteiger partial charge in [-0.25, -0.2) is 0 Å². The molecule has 0 saturated carbocycles. The molecule has 0 spiro atoms. The first kappa shape index (κ1) is 12.3. The number of carbonyl (C=O) groups excluding carboxylic acids is 1. The molecule has 1 aromatic carbocycles. The fourth-order valence-electron chi connectivity index (χ4n) is 2.05. The lowest BCUT2D eigenvalue weighted by Crippen LogP contribution is -2.49. The van der Waals surface area contributed by atoms with Gasteiger partial charge in [-0.2, -0.15) is 0 Å². The van der Waals surface area contributed by atoms with Crippen molar-refractivity contribution in [1.29, 1.82) is 0 Å². The van der Waals surface area contributed by atoms with Crippen LogP contribution in [0.15, 0.2) is 24.3 Å². The number of Topliss-reactive ketones (excluding diaryl/α,β-unsaturated/α-hetero) is 1. The lowest BCUT2D eigenvalue weighted by Gasteiger charge is -2.19. The number of nitrogens with two attached hydrogens (primary N) is 1. The van der Waals surface area contributed by atoms with Crippen LogP contribution in [0.1, 0.15) is 24.5 Å². The molecule has 17 heavy (non-hydrogen) atoms. The molecule has 3 heteroatoms. The van der Waals surface area contributed by atoms with Gasteiger partial charge in [0.1, 0.15) is 5.54 Å². The number of ether oxygens (including phenoxy) is 1. The van der Waals surface area contributed by atoms with Crippen LogP contribution in [0, 0.1) is 0 Å². The maximum atomic E-state index is 12.1. The van der Waals surface area contributed by atoms with E-state index in [1.165, 1.54) is 5.56 Å². The Balaban J connectivity index is 2.02. The Labute approximate surface area is 102 Å². The second-order valence-electron chi connectivity index (χ2n) is 4.73. The van der Waals surface area contributed by atoms with Gasteiger partial charge in [-0.3, -0.25) is 4.79 Å². The van der Waals surface area contributed by atoms with E-state index in [0.29, 0.717) is 26.1 Å². The predicted molar refractivity (Wildman–Crippen MR) is 66.9 cm³/mol. The van der Waals surface area contributed by atoms with Gasteiger partial charge in [0.05, 0.1) is 6.61 Å². The summed E-state index contributed by atoms with van der Waals surface area (Å²) in [5.74, 6) is 0.0826. The minimum absolute atomic E-state index is 0.0826. The van der Waals surface area contributed by atoms with E-state index in [0.717, 1.165) is 12.0 Å². The summed E-state index contributed by atoms with van der Waals surface area (Å²) in [6.07, 6.45) is 2.06. The van der Waals surface area contributed by atoms with E-state index >= 15 is 0 Å². The first-order chi connectivity index (χ1) is 8.14. The summed E-state index contributed by atoms with van der Waals surface area (Å²) >= 11 is 0. The Bertz CT molecular complexity index is 391. The summed E-state index contributed by atoms with van der Waals surface area (Å²) in [6.45, 7) is 3.07. The van der Waals surface area contributed by atoms with Crippen LogP contribution in [-0.2, 0) is 22.4 Å². The SMILES string of the molecule is CCc1ccc(CC(=O)C2(N)CCOC2)cc1. The summed E-state index contributed by atoms with van der Waals surface area (Å²) in [4.78, 5) is 12.1.